The standard InChI is InChI=1S/C22H20F3N7O2/c23-12-3-11(4-13(24)5-12)16-6-14(25)8-32(16)22(34)19-18-20(27-9-28-21(18)31-30-19)29-15-1-10(7-26)2-17(15)33/h3-5,9-10,14-17,33H,1-2,6,8H2,(H2,27,28,29,30,31)/t10-,14+,15-,16-,17-/m1/s1. The zero-order chi connectivity index (χ0) is 24.0. The number of aromatic nitrogens is 4. The Morgan fingerprint density at radius 3 is 2.68 bits per heavy atom. The highest BCUT2D eigenvalue weighted by atomic mass is 19.1. The van der Waals surface area contributed by atoms with E-state index in [1.165, 1.54) is 11.2 Å². The number of anilines is 1. The minimum absolute atomic E-state index is 0.0154. The molecule has 5 atom stereocenters. The molecule has 2 aromatic heterocycles. The van der Waals surface area contributed by atoms with Crippen molar-refractivity contribution in [2.45, 2.75) is 43.6 Å². The first-order valence-corrected chi connectivity index (χ1v) is 10.8. The van der Waals surface area contributed by atoms with Crippen molar-refractivity contribution in [3.63, 3.8) is 0 Å². The van der Waals surface area contributed by atoms with Gasteiger partial charge in [0.1, 0.15) is 35.6 Å². The summed E-state index contributed by atoms with van der Waals surface area (Å²) in [6.07, 6.45) is -0.302. The minimum atomic E-state index is -1.38. The lowest BCUT2D eigenvalue weighted by molar-refractivity contribution is 0.0724. The summed E-state index contributed by atoms with van der Waals surface area (Å²) >= 11 is 0. The number of nitrogens with one attached hydrogen (secondary N) is 2. The van der Waals surface area contributed by atoms with E-state index in [-0.39, 0.29) is 47.0 Å². The van der Waals surface area contributed by atoms with E-state index in [4.69, 9.17) is 5.26 Å². The molecule has 12 heteroatoms. The minimum Gasteiger partial charge on any atom is -0.391 e. The van der Waals surface area contributed by atoms with Crippen LogP contribution in [0.5, 0.6) is 0 Å². The predicted octanol–water partition coefficient (Wildman–Crippen LogP) is 2.63. The largest absolute Gasteiger partial charge is 0.391 e. The van der Waals surface area contributed by atoms with Gasteiger partial charge in [0.15, 0.2) is 5.65 Å². The van der Waals surface area contributed by atoms with E-state index in [0.717, 1.165) is 12.1 Å². The van der Waals surface area contributed by atoms with Crippen molar-refractivity contribution in [2.75, 3.05) is 11.9 Å². The molecule has 176 valence electrons. The average Bonchev–Trinajstić information content (AvgIpc) is 3.50. The van der Waals surface area contributed by atoms with Crippen molar-refractivity contribution >= 4 is 22.8 Å². The van der Waals surface area contributed by atoms with E-state index >= 15 is 0 Å². The van der Waals surface area contributed by atoms with E-state index < -0.39 is 41.9 Å². The number of hydrogen-bond donors (Lipinski definition) is 3. The molecule has 3 aromatic rings. The number of carbonyl (C=O) groups is 1. The fraction of sp³-hybridized carbons (Fsp3) is 0.409. The van der Waals surface area contributed by atoms with Crippen molar-refractivity contribution in [2.24, 2.45) is 5.92 Å². The number of nitriles is 1. The number of aliphatic hydroxyl groups excluding tert-OH is 1. The number of halogens is 3. The number of fused-ring (bicyclic) bond motifs is 1. The van der Waals surface area contributed by atoms with Crippen molar-refractivity contribution in [3.8, 4) is 6.07 Å². The van der Waals surface area contributed by atoms with E-state index in [2.05, 4.69) is 31.6 Å². The molecule has 0 spiro atoms. The number of hydrogen-bond acceptors (Lipinski definition) is 7. The second-order valence-electron chi connectivity index (χ2n) is 8.64. The summed E-state index contributed by atoms with van der Waals surface area (Å²) in [7, 11) is 0. The van der Waals surface area contributed by atoms with Crippen LogP contribution in [0, 0.1) is 28.9 Å². The maximum atomic E-state index is 14.4. The van der Waals surface area contributed by atoms with Crippen LogP contribution in [0.2, 0.25) is 0 Å². The number of benzene rings is 1. The molecule has 3 heterocycles. The van der Waals surface area contributed by atoms with Gasteiger partial charge in [0.05, 0.1) is 42.1 Å². The number of aromatic amines is 1. The highest BCUT2D eigenvalue weighted by Gasteiger charge is 2.39. The average molecular weight is 471 g/mol. The van der Waals surface area contributed by atoms with Gasteiger partial charge in [0.2, 0.25) is 0 Å². The van der Waals surface area contributed by atoms with Gasteiger partial charge in [-0.1, -0.05) is 0 Å². The van der Waals surface area contributed by atoms with Crippen LogP contribution in [-0.2, 0) is 0 Å². The van der Waals surface area contributed by atoms with Gasteiger partial charge >= 0.3 is 0 Å². The van der Waals surface area contributed by atoms with E-state index in [0.29, 0.717) is 18.9 Å². The number of rotatable bonds is 4. The Kier molecular flexibility index (Phi) is 5.57. The molecule has 1 aromatic carbocycles. The molecule has 5 rings (SSSR count). The van der Waals surface area contributed by atoms with Gasteiger partial charge in [0.25, 0.3) is 5.91 Å². The Bertz CT molecular complexity index is 1270. The number of nitrogens with zero attached hydrogens (tertiary/aromatic N) is 5. The Morgan fingerprint density at radius 2 is 1.97 bits per heavy atom. The van der Waals surface area contributed by atoms with Gasteiger partial charge in [-0.15, -0.1) is 0 Å². The highest BCUT2D eigenvalue weighted by Crippen LogP contribution is 2.37. The SMILES string of the molecule is N#C[C@H]1C[C@@H](O)[C@H](Nc2ncnc3n[nH]c(C(=O)N4C[C@@H](F)C[C@@H]4c4cc(F)cc(F)c4)c23)C1. The molecular formula is C22H20F3N7O2. The molecule has 1 aliphatic heterocycles. The fourth-order valence-electron chi connectivity index (χ4n) is 4.81. The van der Waals surface area contributed by atoms with Gasteiger partial charge in [-0.2, -0.15) is 10.4 Å². The quantitative estimate of drug-likeness (QED) is 0.533. The van der Waals surface area contributed by atoms with Crippen molar-refractivity contribution in [3.05, 3.63) is 47.4 Å². The first-order chi connectivity index (χ1) is 16.3. The normalized spacial score (nSPS) is 26.7. The summed E-state index contributed by atoms with van der Waals surface area (Å²) < 4.78 is 42.0. The van der Waals surface area contributed by atoms with Gasteiger partial charge < -0.3 is 15.3 Å². The van der Waals surface area contributed by atoms with Crippen molar-refractivity contribution in [1.82, 2.24) is 25.1 Å². The number of likely N-dealkylation sites (tertiary alicyclic amines) is 1. The molecule has 0 radical (unpaired) electrons. The second-order valence-corrected chi connectivity index (χ2v) is 8.64. The monoisotopic (exact) mass is 471 g/mol. The van der Waals surface area contributed by atoms with Crippen LogP contribution in [0.1, 0.15) is 41.4 Å². The highest BCUT2D eigenvalue weighted by molar-refractivity contribution is 6.07. The molecule has 1 aliphatic carbocycles. The number of aliphatic hydroxyl groups is 1. The van der Waals surface area contributed by atoms with Crippen LogP contribution in [-0.4, -0.2) is 60.9 Å². The van der Waals surface area contributed by atoms with Crippen molar-refractivity contribution in [1.29, 1.82) is 5.26 Å². The molecule has 9 nitrogen and oxygen atoms in total. The van der Waals surface area contributed by atoms with Crippen LogP contribution in [0.15, 0.2) is 24.5 Å². The second kappa shape index (κ2) is 8.57. The van der Waals surface area contributed by atoms with Crippen LogP contribution in [0.3, 0.4) is 0 Å². The smallest absolute Gasteiger partial charge is 0.273 e. The summed E-state index contributed by atoms with van der Waals surface area (Å²) in [5.74, 6) is -2.34. The predicted molar refractivity (Wildman–Crippen MR) is 113 cm³/mol. The maximum absolute atomic E-state index is 14.4. The molecule has 2 aliphatic rings. The summed E-state index contributed by atoms with van der Waals surface area (Å²) in [5.41, 5.74) is 0.314. The third-order valence-electron chi connectivity index (χ3n) is 6.38. The molecule has 1 amide bonds. The lowest BCUT2D eigenvalue weighted by Crippen LogP contribution is -2.32. The summed E-state index contributed by atoms with van der Waals surface area (Å²) in [6.45, 7) is -0.260. The fourth-order valence-corrected chi connectivity index (χ4v) is 4.81. The number of alkyl halides is 1. The third-order valence-corrected chi connectivity index (χ3v) is 6.38. The zero-order valence-corrected chi connectivity index (χ0v) is 17.8. The molecule has 0 unspecified atom stereocenters. The molecular weight excluding hydrogens is 451 g/mol. The van der Waals surface area contributed by atoms with E-state index in [1.54, 1.807) is 0 Å². The third kappa shape index (κ3) is 3.92. The van der Waals surface area contributed by atoms with E-state index in [9.17, 15) is 23.1 Å². The molecule has 2 fully saturated rings. The van der Waals surface area contributed by atoms with Crippen LogP contribution >= 0.6 is 0 Å². The zero-order valence-electron chi connectivity index (χ0n) is 17.8. The number of carbonyl (C=O) groups excluding carboxylic acids is 1. The first-order valence-electron chi connectivity index (χ1n) is 10.8. The molecule has 1 saturated heterocycles. The topological polar surface area (TPSA) is 131 Å². The summed E-state index contributed by atoms with van der Waals surface area (Å²) in [4.78, 5) is 23.0. The Hall–Kier alpha value is -3.72. The van der Waals surface area contributed by atoms with Gasteiger partial charge in [0, 0.05) is 12.5 Å². The Balaban J connectivity index is 1.49. The van der Waals surface area contributed by atoms with Crippen LogP contribution in [0.4, 0.5) is 19.0 Å². The first kappa shape index (κ1) is 22.1. The van der Waals surface area contributed by atoms with Crippen LogP contribution in [0.25, 0.3) is 11.0 Å². The van der Waals surface area contributed by atoms with E-state index in [1.807, 2.05) is 0 Å². The Morgan fingerprint density at radius 1 is 1.21 bits per heavy atom. The lowest BCUT2D eigenvalue weighted by Gasteiger charge is -2.24. The van der Waals surface area contributed by atoms with Gasteiger partial charge in [-0.05, 0) is 30.5 Å². The van der Waals surface area contributed by atoms with Crippen molar-refractivity contribution < 1.29 is 23.1 Å². The molecule has 3 N–H and O–H groups in total. The lowest BCUT2D eigenvalue weighted by atomic mass is 10.0. The number of amides is 1. The maximum Gasteiger partial charge on any atom is 0.273 e. The van der Waals surface area contributed by atoms with Crippen LogP contribution < -0.4 is 5.32 Å². The van der Waals surface area contributed by atoms with Gasteiger partial charge in [-0.3, -0.25) is 9.89 Å². The molecule has 0 bridgehead atoms. The summed E-state index contributed by atoms with van der Waals surface area (Å²) in [5, 5.41) is 29.5. The Labute approximate surface area is 191 Å². The summed E-state index contributed by atoms with van der Waals surface area (Å²) in [6, 6.07) is 3.68. The molecule has 1 saturated carbocycles. The molecule has 34 heavy (non-hydrogen) atoms. The number of H-pyrrole nitrogens is 1. The van der Waals surface area contributed by atoms with Gasteiger partial charge in [-0.25, -0.2) is 23.1 Å².